The predicted molar refractivity (Wildman–Crippen MR) is 124 cm³/mol. The summed E-state index contributed by atoms with van der Waals surface area (Å²) < 4.78 is 13.0. The van der Waals surface area contributed by atoms with E-state index in [4.69, 9.17) is 21.1 Å². The van der Waals surface area contributed by atoms with Gasteiger partial charge in [-0.15, -0.1) is 0 Å². The molecule has 0 aliphatic carbocycles. The van der Waals surface area contributed by atoms with Crippen LogP contribution in [0.1, 0.15) is 21.5 Å². The Balaban J connectivity index is 1.75. The number of carbonyl (C=O) groups is 1. The molecule has 0 amide bonds. The van der Waals surface area contributed by atoms with E-state index in [1.807, 2.05) is 30.3 Å². The fourth-order valence-corrected chi connectivity index (χ4v) is 3.71. The Bertz CT molecular complexity index is 1050. The van der Waals surface area contributed by atoms with Gasteiger partial charge in [0, 0.05) is 20.6 Å². The molecule has 0 heterocycles. The summed E-state index contributed by atoms with van der Waals surface area (Å²) >= 11 is 12.8. The second-order valence-corrected chi connectivity index (χ2v) is 8.35. The summed E-state index contributed by atoms with van der Waals surface area (Å²) in [6.07, 6.45) is 3.34. The second-order valence-electron chi connectivity index (χ2n) is 6.14. The molecule has 0 unspecified atom stereocenters. The van der Waals surface area contributed by atoms with Crippen LogP contribution in [0.25, 0.3) is 6.08 Å². The Labute approximate surface area is 191 Å². The monoisotopic (exact) mass is 534 g/mol. The molecule has 0 fully saturated rings. The first-order chi connectivity index (χ1) is 14.0. The zero-order chi connectivity index (χ0) is 20.8. The van der Waals surface area contributed by atoms with Crippen molar-refractivity contribution < 1.29 is 14.3 Å². The predicted octanol–water partition coefficient (Wildman–Crippen LogP) is 7.35. The fraction of sp³-hybridized carbons (Fsp3) is 0.0870. The lowest BCUT2D eigenvalue weighted by Gasteiger charge is -2.12. The highest BCUT2D eigenvalue weighted by atomic mass is 79.9. The first-order valence-electron chi connectivity index (χ1n) is 8.69. The van der Waals surface area contributed by atoms with Crippen LogP contribution in [0.2, 0.25) is 5.02 Å². The molecule has 0 aromatic heterocycles. The van der Waals surface area contributed by atoms with E-state index in [1.54, 1.807) is 49.6 Å². The first-order valence-corrected chi connectivity index (χ1v) is 10.7. The van der Waals surface area contributed by atoms with Gasteiger partial charge in [-0.05, 0) is 82.2 Å². The third-order valence-corrected chi connectivity index (χ3v) is 5.52. The average molecular weight is 537 g/mol. The highest BCUT2D eigenvalue weighted by Crippen LogP contribution is 2.30. The minimum Gasteiger partial charge on any atom is -0.496 e. The molecule has 0 spiro atoms. The number of hydrogen-bond donors (Lipinski definition) is 0. The van der Waals surface area contributed by atoms with Crippen molar-refractivity contribution in [2.45, 2.75) is 6.61 Å². The van der Waals surface area contributed by atoms with Crippen molar-refractivity contribution in [2.24, 2.45) is 0 Å². The highest BCUT2D eigenvalue weighted by Gasteiger charge is 2.08. The van der Waals surface area contributed by atoms with Crippen molar-refractivity contribution in [2.75, 3.05) is 7.11 Å². The molecule has 29 heavy (non-hydrogen) atoms. The summed E-state index contributed by atoms with van der Waals surface area (Å²) in [5.41, 5.74) is 2.38. The van der Waals surface area contributed by atoms with Gasteiger partial charge >= 0.3 is 0 Å². The van der Waals surface area contributed by atoms with Gasteiger partial charge in [0.05, 0.1) is 11.6 Å². The van der Waals surface area contributed by atoms with Crippen LogP contribution >= 0.6 is 43.5 Å². The number of carbonyl (C=O) groups excluding carboxylic acids is 1. The van der Waals surface area contributed by atoms with Crippen molar-refractivity contribution in [3.63, 3.8) is 0 Å². The number of ketones is 1. The molecule has 0 bridgehead atoms. The number of hydrogen-bond acceptors (Lipinski definition) is 3. The molecule has 0 N–H and O–H groups in total. The lowest BCUT2D eigenvalue weighted by atomic mass is 10.1. The maximum Gasteiger partial charge on any atom is 0.185 e. The summed E-state index contributed by atoms with van der Waals surface area (Å²) in [6, 6.07) is 18.3. The molecular formula is C23H17Br2ClO3. The average Bonchev–Trinajstić information content (AvgIpc) is 2.72. The third kappa shape index (κ3) is 5.95. The standard InChI is InChI=1S/C23H17Br2ClO3/c1-28-22-10-3-15(2-9-21(27)16-4-6-18(24)7-5-16)12-17(22)14-29-23-11-8-19(26)13-20(23)25/h2-13H,14H2,1H3/b9-2+. The maximum absolute atomic E-state index is 12.3. The molecule has 0 atom stereocenters. The topological polar surface area (TPSA) is 35.5 Å². The zero-order valence-electron chi connectivity index (χ0n) is 15.5. The lowest BCUT2D eigenvalue weighted by Crippen LogP contribution is -2.00. The van der Waals surface area contributed by atoms with Crippen LogP contribution in [0.5, 0.6) is 11.5 Å². The van der Waals surface area contributed by atoms with Gasteiger partial charge in [0.1, 0.15) is 18.1 Å². The quantitative estimate of drug-likeness (QED) is 0.234. The van der Waals surface area contributed by atoms with Crippen LogP contribution in [0.15, 0.2) is 75.7 Å². The van der Waals surface area contributed by atoms with E-state index in [-0.39, 0.29) is 5.78 Å². The summed E-state index contributed by atoms with van der Waals surface area (Å²) in [5.74, 6) is 1.34. The normalized spacial score (nSPS) is 10.9. The van der Waals surface area contributed by atoms with Crippen LogP contribution < -0.4 is 9.47 Å². The molecule has 6 heteroatoms. The van der Waals surface area contributed by atoms with Crippen molar-refractivity contribution in [1.82, 2.24) is 0 Å². The number of rotatable bonds is 7. The summed E-state index contributed by atoms with van der Waals surface area (Å²) in [7, 11) is 1.61. The molecule has 3 rings (SSSR count). The molecule has 0 aliphatic heterocycles. The largest absolute Gasteiger partial charge is 0.496 e. The first kappa shape index (κ1) is 21.6. The Hall–Kier alpha value is -2.08. The molecule has 3 aromatic carbocycles. The van der Waals surface area contributed by atoms with E-state index in [0.29, 0.717) is 28.7 Å². The molecular weight excluding hydrogens is 520 g/mol. The van der Waals surface area contributed by atoms with E-state index >= 15 is 0 Å². The molecule has 0 saturated heterocycles. The van der Waals surface area contributed by atoms with Gasteiger partial charge in [-0.3, -0.25) is 4.79 Å². The summed E-state index contributed by atoms with van der Waals surface area (Å²) in [5, 5.41) is 0.629. The van der Waals surface area contributed by atoms with Crippen LogP contribution in [-0.4, -0.2) is 12.9 Å². The van der Waals surface area contributed by atoms with E-state index in [0.717, 1.165) is 20.1 Å². The lowest BCUT2D eigenvalue weighted by molar-refractivity contribution is 0.104. The minimum absolute atomic E-state index is 0.0591. The van der Waals surface area contributed by atoms with Crippen molar-refractivity contribution in [1.29, 1.82) is 0 Å². The fourth-order valence-electron chi connectivity index (χ4n) is 2.65. The Morgan fingerprint density at radius 1 is 1.00 bits per heavy atom. The molecule has 0 saturated carbocycles. The van der Waals surface area contributed by atoms with Gasteiger partial charge in [0.2, 0.25) is 0 Å². The van der Waals surface area contributed by atoms with Crippen LogP contribution in [-0.2, 0) is 6.61 Å². The smallest absolute Gasteiger partial charge is 0.185 e. The number of methoxy groups -OCH3 is 1. The number of ether oxygens (including phenoxy) is 2. The maximum atomic E-state index is 12.3. The molecule has 148 valence electrons. The Kier molecular flexibility index (Phi) is 7.53. The van der Waals surface area contributed by atoms with Crippen molar-refractivity contribution >= 4 is 55.3 Å². The second kappa shape index (κ2) is 10.1. The van der Waals surface area contributed by atoms with Crippen LogP contribution in [0.3, 0.4) is 0 Å². The van der Waals surface area contributed by atoms with Gasteiger partial charge in [0.15, 0.2) is 5.78 Å². The number of halogens is 3. The van der Waals surface area contributed by atoms with Crippen LogP contribution in [0, 0.1) is 0 Å². The van der Waals surface area contributed by atoms with Gasteiger partial charge in [0.25, 0.3) is 0 Å². The van der Waals surface area contributed by atoms with E-state index in [1.165, 1.54) is 0 Å². The zero-order valence-corrected chi connectivity index (χ0v) is 19.4. The van der Waals surface area contributed by atoms with Gasteiger partial charge < -0.3 is 9.47 Å². The van der Waals surface area contributed by atoms with Gasteiger partial charge in [-0.2, -0.15) is 0 Å². The van der Waals surface area contributed by atoms with Crippen molar-refractivity contribution in [3.8, 4) is 11.5 Å². The summed E-state index contributed by atoms with van der Waals surface area (Å²) in [4.78, 5) is 12.3. The summed E-state index contributed by atoms with van der Waals surface area (Å²) in [6.45, 7) is 0.311. The number of allylic oxidation sites excluding steroid dienone is 1. The SMILES string of the molecule is COc1ccc(/C=C/C(=O)c2ccc(Br)cc2)cc1COc1ccc(Cl)cc1Br. The van der Waals surface area contributed by atoms with Crippen molar-refractivity contribution in [3.05, 3.63) is 97.4 Å². The van der Waals surface area contributed by atoms with E-state index in [2.05, 4.69) is 31.9 Å². The molecule has 3 aromatic rings. The van der Waals surface area contributed by atoms with Gasteiger partial charge in [-0.1, -0.05) is 39.7 Å². The van der Waals surface area contributed by atoms with Gasteiger partial charge in [-0.25, -0.2) is 0 Å². The van der Waals surface area contributed by atoms with E-state index in [9.17, 15) is 4.79 Å². The third-order valence-electron chi connectivity index (χ3n) is 4.14. The highest BCUT2D eigenvalue weighted by molar-refractivity contribution is 9.10. The molecule has 0 aliphatic rings. The minimum atomic E-state index is -0.0591. The Morgan fingerprint density at radius 3 is 2.41 bits per heavy atom. The van der Waals surface area contributed by atoms with Crippen LogP contribution in [0.4, 0.5) is 0 Å². The van der Waals surface area contributed by atoms with E-state index < -0.39 is 0 Å². The number of benzene rings is 3. The molecule has 3 nitrogen and oxygen atoms in total. The molecule has 0 radical (unpaired) electrons. The Morgan fingerprint density at radius 2 is 1.72 bits per heavy atom.